The zero-order chi connectivity index (χ0) is 13.1. The molecule has 0 fully saturated rings. The Balaban J connectivity index is 2.22. The third-order valence-electron chi connectivity index (χ3n) is 2.80. The highest BCUT2D eigenvalue weighted by atomic mass is 16.5. The molecule has 1 aromatic heterocycles. The first-order valence-electron chi connectivity index (χ1n) is 5.75. The number of nitrogens with one attached hydrogen (secondary N) is 1. The molecule has 0 saturated heterocycles. The fraction of sp³-hybridized carbons (Fsp3) is 0.308. The first-order chi connectivity index (χ1) is 8.60. The van der Waals surface area contributed by atoms with Crippen molar-refractivity contribution in [1.29, 1.82) is 0 Å². The maximum atomic E-state index is 5.59. The Kier molecular flexibility index (Phi) is 3.41. The molecule has 0 unspecified atom stereocenters. The minimum absolute atomic E-state index is 0.509. The monoisotopic (exact) mass is 246 g/mol. The molecule has 0 aliphatic heterocycles. The van der Waals surface area contributed by atoms with Crippen LogP contribution in [0.4, 0.5) is 11.5 Å². The third-order valence-corrected chi connectivity index (χ3v) is 2.80. The number of nitrogen functional groups attached to an aromatic ring is 1. The molecule has 2 aromatic rings. The summed E-state index contributed by atoms with van der Waals surface area (Å²) in [6, 6.07) is 7.93. The van der Waals surface area contributed by atoms with Gasteiger partial charge in [-0.1, -0.05) is 6.07 Å². The van der Waals surface area contributed by atoms with Gasteiger partial charge in [-0.25, -0.2) is 0 Å². The van der Waals surface area contributed by atoms with Crippen molar-refractivity contribution in [2.45, 2.75) is 13.5 Å². The second-order valence-electron chi connectivity index (χ2n) is 4.35. The number of aromatic nitrogens is 2. The third kappa shape index (κ3) is 2.56. The predicted molar refractivity (Wildman–Crippen MR) is 72.8 cm³/mol. The summed E-state index contributed by atoms with van der Waals surface area (Å²) in [6.07, 6.45) is 0. The van der Waals surface area contributed by atoms with Gasteiger partial charge < -0.3 is 15.4 Å². The molecule has 5 heteroatoms. The van der Waals surface area contributed by atoms with E-state index < -0.39 is 0 Å². The first kappa shape index (κ1) is 12.3. The second kappa shape index (κ2) is 5.00. The smallest absolute Gasteiger partial charge is 0.145 e. The topological polar surface area (TPSA) is 67.2 Å². The van der Waals surface area contributed by atoms with E-state index in [-0.39, 0.29) is 0 Å². The van der Waals surface area contributed by atoms with Gasteiger partial charge in [-0.05, 0) is 24.6 Å². The Morgan fingerprint density at radius 1 is 1.39 bits per heavy atom. The number of benzene rings is 1. The van der Waals surface area contributed by atoms with Crippen LogP contribution in [0, 0.1) is 6.92 Å². The van der Waals surface area contributed by atoms with Crippen molar-refractivity contribution >= 4 is 11.5 Å². The minimum Gasteiger partial charge on any atom is -0.495 e. The van der Waals surface area contributed by atoms with Crippen LogP contribution in [-0.4, -0.2) is 24.4 Å². The highest BCUT2D eigenvalue weighted by Crippen LogP contribution is 2.29. The van der Waals surface area contributed by atoms with E-state index in [9.17, 15) is 0 Å². The lowest BCUT2D eigenvalue weighted by molar-refractivity contribution is 0.414. The van der Waals surface area contributed by atoms with Crippen molar-refractivity contribution in [3.8, 4) is 5.75 Å². The largest absolute Gasteiger partial charge is 0.495 e. The number of hydrogen-bond donors (Lipinski definition) is 2. The Morgan fingerprint density at radius 2 is 2.17 bits per heavy atom. The van der Waals surface area contributed by atoms with Crippen LogP contribution in [0.3, 0.4) is 0 Å². The molecule has 0 radical (unpaired) electrons. The molecule has 5 nitrogen and oxygen atoms in total. The maximum absolute atomic E-state index is 5.59. The Hall–Kier alpha value is -2.17. The van der Waals surface area contributed by atoms with Gasteiger partial charge in [0.15, 0.2) is 0 Å². The molecule has 2 rings (SSSR count). The van der Waals surface area contributed by atoms with Crippen molar-refractivity contribution in [2.75, 3.05) is 24.8 Å². The van der Waals surface area contributed by atoms with Crippen LogP contribution in [0.1, 0.15) is 11.3 Å². The van der Waals surface area contributed by atoms with Crippen LogP contribution in [0.25, 0.3) is 0 Å². The number of methoxy groups -OCH3 is 1. The van der Waals surface area contributed by atoms with E-state index in [0.29, 0.717) is 12.4 Å². The summed E-state index contributed by atoms with van der Waals surface area (Å²) in [7, 11) is 3.69. The number of anilines is 2. The van der Waals surface area contributed by atoms with E-state index in [2.05, 4.69) is 28.1 Å². The molecular formula is C13H18N4O. The lowest BCUT2D eigenvalue weighted by Gasteiger charge is -2.21. The van der Waals surface area contributed by atoms with Crippen molar-refractivity contribution in [1.82, 2.24) is 10.2 Å². The van der Waals surface area contributed by atoms with Gasteiger partial charge in [0, 0.05) is 13.1 Å². The van der Waals surface area contributed by atoms with Crippen LogP contribution in [-0.2, 0) is 6.54 Å². The fourth-order valence-electron chi connectivity index (χ4n) is 1.90. The van der Waals surface area contributed by atoms with Gasteiger partial charge in [0.2, 0.25) is 0 Å². The highest BCUT2D eigenvalue weighted by molar-refractivity contribution is 5.59. The molecule has 1 aromatic carbocycles. The van der Waals surface area contributed by atoms with Crippen LogP contribution >= 0.6 is 0 Å². The summed E-state index contributed by atoms with van der Waals surface area (Å²) >= 11 is 0. The SMILES string of the molecule is COc1ccc(C)cc1N(C)Cc1cc(N)n[nH]1. The van der Waals surface area contributed by atoms with Gasteiger partial charge in [0.05, 0.1) is 25.0 Å². The zero-order valence-electron chi connectivity index (χ0n) is 10.9. The van der Waals surface area contributed by atoms with Gasteiger partial charge in [-0.2, -0.15) is 5.10 Å². The summed E-state index contributed by atoms with van der Waals surface area (Å²) in [5, 5.41) is 6.82. The minimum atomic E-state index is 0.509. The lowest BCUT2D eigenvalue weighted by atomic mass is 10.2. The summed E-state index contributed by atoms with van der Waals surface area (Å²) in [6.45, 7) is 2.76. The standard InChI is InChI=1S/C13H18N4O/c1-9-4-5-12(18-3)11(6-9)17(2)8-10-7-13(14)16-15-10/h4-7H,8H2,1-3H3,(H3,14,15,16). The second-order valence-corrected chi connectivity index (χ2v) is 4.35. The molecule has 0 aliphatic rings. The number of hydrogen-bond acceptors (Lipinski definition) is 4. The van der Waals surface area contributed by atoms with E-state index >= 15 is 0 Å². The number of aromatic amines is 1. The van der Waals surface area contributed by atoms with Crippen molar-refractivity contribution in [3.05, 3.63) is 35.5 Å². The highest BCUT2D eigenvalue weighted by Gasteiger charge is 2.10. The summed E-state index contributed by atoms with van der Waals surface area (Å²) in [5.74, 6) is 1.37. The van der Waals surface area contributed by atoms with Crippen LogP contribution < -0.4 is 15.4 Å². The number of ether oxygens (including phenoxy) is 1. The van der Waals surface area contributed by atoms with Crippen molar-refractivity contribution < 1.29 is 4.74 Å². The molecular weight excluding hydrogens is 228 g/mol. The average Bonchev–Trinajstić information content (AvgIpc) is 2.74. The zero-order valence-corrected chi connectivity index (χ0v) is 10.9. The van der Waals surface area contributed by atoms with E-state index in [1.807, 2.05) is 25.2 Å². The molecule has 3 N–H and O–H groups in total. The summed E-state index contributed by atoms with van der Waals surface area (Å²) < 4.78 is 5.37. The molecule has 0 amide bonds. The average molecular weight is 246 g/mol. The quantitative estimate of drug-likeness (QED) is 0.865. The van der Waals surface area contributed by atoms with Gasteiger partial charge in [0.25, 0.3) is 0 Å². The molecule has 0 spiro atoms. The molecule has 0 atom stereocenters. The van der Waals surface area contributed by atoms with Crippen molar-refractivity contribution in [3.63, 3.8) is 0 Å². The van der Waals surface area contributed by atoms with E-state index in [1.165, 1.54) is 5.56 Å². The first-order valence-corrected chi connectivity index (χ1v) is 5.75. The van der Waals surface area contributed by atoms with Gasteiger partial charge in [0.1, 0.15) is 11.6 Å². The maximum Gasteiger partial charge on any atom is 0.145 e. The van der Waals surface area contributed by atoms with Gasteiger partial charge >= 0.3 is 0 Å². The Morgan fingerprint density at radius 3 is 2.78 bits per heavy atom. The van der Waals surface area contributed by atoms with E-state index in [1.54, 1.807) is 7.11 Å². The lowest BCUT2D eigenvalue weighted by Crippen LogP contribution is -2.17. The molecule has 96 valence electrons. The Bertz CT molecular complexity index is 536. The molecule has 0 bridgehead atoms. The van der Waals surface area contributed by atoms with E-state index in [0.717, 1.165) is 17.1 Å². The predicted octanol–water partition coefficient (Wildman–Crippen LogP) is 1.95. The number of H-pyrrole nitrogens is 1. The van der Waals surface area contributed by atoms with E-state index in [4.69, 9.17) is 10.5 Å². The van der Waals surface area contributed by atoms with Crippen LogP contribution in [0.15, 0.2) is 24.3 Å². The number of rotatable bonds is 4. The van der Waals surface area contributed by atoms with Crippen LogP contribution in [0.5, 0.6) is 5.75 Å². The molecule has 18 heavy (non-hydrogen) atoms. The van der Waals surface area contributed by atoms with Gasteiger partial charge in [-0.3, -0.25) is 5.10 Å². The summed E-state index contributed by atoms with van der Waals surface area (Å²) in [5.41, 5.74) is 8.80. The van der Waals surface area contributed by atoms with Crippen molar-refractivity contribution in [2.24, 2.45) is 0 Å². The number of aryl methyl sites for hydroxylation is 1. The van der Waals surface area contributed by atoms with Gasteiger partial charge in [-0.15, -0.1) is 0 Å². The molecule has 0 saturated carbocycles. The van der Waals surface area contributed by atoms with Crippen LogP contribution in [0.2, 0.25) is 0 Å². The molecule has 0 aliphatic carbocycles. The molecule has 1 heterocycles. The fourth-order valence-corrected chi connectivity index (χ4v) is 1.90. The number of nitrogens with zero attached hydrogens (tertiary/aromatic N) is 2. The summed E-state index contributed by atoms with van der Waals surface area (Å²) in [4.78, 5) is 2.10. The normalized spacial score (nSPS) is 10.4. The number of nitrogens with two attached hydrogens (primary N) is 1. The Labute approximate surface area is 107 Å².